The minimum absolute atomic E-state index is 0.124. The molecule has 0 saturated heterocycles. The third-order valence-corrected chi connectivity index (χ3v) is 10.1. The largest absolute Gasteiger partial charge is 0.477 e. The molecular weight excluding hydrogens is 444 g/mol. The molecule has 2 atom stereocenters. The third kappa shape index (κ3) is 3.01. The van der Waals surface area contributed by atoms with Crippen LogP contribution in [-0.4, -0.2) is 46.7 Å². The molecule has 1 fully saturated rings. The average Bonchev–Trinajstić information content (AvgIpc) is 2.89. The molecule has 1 amide bonds. The third-order valence-electron chi connectivity index (χ3n) is 6.93. The first kappa shape index (κ1) is 21.3. The maximum Gasteiger partial charge on any atom is 0.274 e. The number of pyridine rings is 2. The number of sulfone groups is 1. The van der Waals surface area contributed by atoms with Gasteiger partial charge in [0.05, 0.1) is 29.3 Å². The molecule has 11 heteroatoms. The van der Waals surface area contributed by atoms with Crippen molar-refractivity contribution in [3.05, 3.63) is 47.4 Å². The average molecular weight is 467 g/mol. The number of amidine groups is 1. The van der Waals surface area contributed by atoms with E-state index in [1.54, 1.807) is 13.0 Å². The van der Waals surface area contributed by atoms with Gasteiger partial charge in [0.25, 0.3) is 5.91 Å². The Kier molecular flexibility index (Phi) is 4.68. The molecule has 1 saturated carbocycles. The minimum atomic E-state index is -3.63. The molecule has 1 aliphatic carbocycles. The van der Waals surface area contributed by atoms with Crippen LogP contribution in [0.3, 0.4) is 0 Å². The maximum atomic E-state index is 13.7. The molecule has 1 spiro atoms. The van der Waals surface area contributed by atoms with Crippen molar-refractivity contribution in [3.63, 3.8) is 0 Å². The normalized spacial score (nSPS) is 26.3. The van der Waals surface area contributed by atoms with Crippen molar-refractivity contribution in [1.29, 1.82) is 5.26 Å². The summed E-state index contributed by atoms with van der Waals surface area (Å²) < 4.78 is 32.1. The molecule has 2 unspecified atom stereocenters. The first-order valence-electron chi connectivity index (χ1n) is 10.6. The Morgan fingerprint density at radius 1 is 1.30 bits per heavy atom. The summed E-state index contributed by atoms with van der Waals surface area (Å²) in [5, 5.41) is 10.8. The van der Waals surface area contributed by atoms with Gasteiger partial charge in [0.15, 0.2) is 9.84 Å². The van der Waals surface area contributed by atoms with Crippen LogP contribution in [0.5, 0.6) is 5.88 Å². The number of aromatic nitrogens is 2. The highest BCUT2D eigenvalue weighted by atomic mass is 32.2. The molecule has 170 valence electrons. The van der Waals surface area contributed by atoms with Crippen LogP contribution in [0.2, 0.25) is 0 Å². The van der Waals surface area contributed by atoms with Crippen LogP contribution < -0.4 is 15.8 Å². The number of nitriles is 1. The van der Waals surface area contributed by atoms with Crippen molar-refractivity contribution < 1.29 is 17.9 Å². The highest BCUT2D eigenvalue weighted by molar-refractivity contribution is 7.94. The number of rotatable bonds is 2. The number of nitrogens with two attached hydrogens (primary N) is 1. The topological polar surface area (TPSA) is 160 Å². The van der Waals surface area contributed by atoms with Crippen molar-refractivity contribution in [2.75, 3.05) is 11.9 Å². The van der Waals surface area contributed by atoms with Crippen molar-refractivity contribution in [1.82, 2.24) is 9.97 Å². The second-order valence-electron chi connectivity index (χ2n) is 8.74. The van der Waals surface area contributed by atoms with E-state index in [1.807, 2.05) is 6.07 Å². The number of aliphatic imine (C=N–C) groups is 1. The van der Waals surface area contributed by atoms with E-state index >= 15 is 0 Å². The van der Waals surface area contributed by atoms with Crippen molar-refractivity contribution >= 4 is 27.3 Å². The summed E-state index contributed by atoms with van der Waals surface area (Å²) in [7, 11) is -3.63. The van der Waals surface area contributed by atoms with Gasteiger partial charge in [0, 0.05) is 18.2 Å². The molecule has 5 rings (SSSR count). The number of amides is 1. The van der Waals surface area contributed by atoms with Crippen LogP contribution in [0.1, 0.15) is 54.2 Å². The number of hydrogen-bond donors (Lipinski definition) is 2. The first-order chi connectivity index (χ1) is 15.7. The summed E-state index contributed by atoms with van der Waals surface area (Å²) >= 11 is 0. The van der Waals surface area contributed by atoms with Gasteiger partial charge >= 0.3 is 0 Å². The van der Waals surface area contributed by atoms with Crippen LogP contribution in [0, 0.1) is 11.3 Å². The van der Waals surface area contributed by atoms with Gasteiger partial charge in [-0.3, -0.25) is 9.79 Å². The highest BCUT2D eigenvalue weighted by Gasteiger charge is 2.63. The summed E-state index contributed by atoms with van der Waals surface area (Å²) in [6.45, 7) is 1.92. The van der Waals surface area contributed by atoms with Gasteiger partial charge in [0.2, 0.25) is 5.88 Å². The van der Waals surface area contributed by atoms with Crippen molar-refractivity contribution in [2.45, 2.75) is 48.1 Å². The van der Waals surface area contributed by atoms with Gasteiger partial charge in [-0.2, -0.15) is 5.26 Å². The number of carbonyl (C=O) groups is 1. The van der Waals surface area contributed by atoms with Gasteiger partial charge in [-0.25, -0.2) is 18.4 Å². The van der Waals surface area contributed by atoms with E-state index in [0.29, 0.717) is 29.7 Å². The number of fused-ring (bicyclic) bond motifs is 3. The number of hydrogen-bond acceptors (Lipinski definition) is 9. The fourth-order valence-corrected chi connectivity index (χ4v) is 7.83. The molecular formula is C22H22N6O4S. The maximum absolute atomic E-state index is 13.7. The van der Waals surface area contributed by atoms with Gasteiger partial charge in [0.1, 0.15) is 27.9 Å². The summed E-state index contributed by atoms with van der Waals surface area (Å²) in [6.07, 6.45) is 4.78. The van der Waals surface area contributed by atoms with E-state index in [0.717, 1.165) is 6.42 Å². The summed E-state index contributed by atoms with van der Waals surface area (Å²) in [5.41, 5.74) is 6.34. The van der Waals surface area contributed by atoms with Crippen LogP contribution in [0.15, 0.2) is 35.6 Å². The number of nitrogens with zero attached hydrogens (tertiary/aromatic N) is 4. The van der Waals surface area contributed by atoms with Crippen LogP contribution >= 0.6 is 0 Å². The molecule has 2 aromatic rings. The van der Waals surface area contributed by atoms with E-state index in [-0.39, 0.29) is 30.4 Å². The van der Waals surface area contributed by atoms with Gasteiger partial charge in [-0.1, -0.05) is 0 Å². The fraction of sp³-hybridized carbons (Fsp3) is 0.409. The number of anilines is 1. The Morgan fingerprint density at radius 2 is 2.09 bits per heavy atom. The second kappa shape index (κ2) is 7.25. The Bertz CT molecular complexity index is 1330. The molecule has 0 radical (unpaired) electrons. The first-order valence-corrected chi connectivity index (χ1v) is 12.2. The Labute approximate surface area is 190 Å². The van der Waals surface area contributed by atoms with Gasteiger partial charge in [-0.05, 0) is 44.4 Å². The van der Waals surface area contributed by atoms with E-state index in [9.17, 15) is 13.2 Å². The molecule has 10 nitrogen and oxygen atoms in total. The number of ether oxygens (including phenoxy) is 1. The van der Waals surface area contributed by atoms with Crippen LogP contribution in [-0.2, 0) is 15.4 Å². The molecule has 3 N–H and O–H groups in total. The molecule has 2 aliphatic heterocycles. The minimum Gasteiger partial charge on any atom is -0.477 e. The highest BCUT2D eigenvalue weighted by Crippen LogP contribution is 2.53. The lowest BCUT2D eigenvalue weighted by molar-refractivity contribution is 0.102. The van der Waals surface area contributed by atoms with E-state index in [4.69, 9.17) is 20.7 Å². The summed E-state index contributed by atoms with van der Waals surface area (Å²) in [5.74, 6) is -0.0902. The Balaban J connectivity index is 1.54. The standard InChI is InChI=1S/C22H22N6O4S/c1-21-15-9-14(27-18(29)16-4-3-13(10-23)11-25-16)12-26-19(15)32-8-5-17(21)33(30,31)22(6-2-7-22)20(24)28-21/h3-4,9,11-12,17H,2,5-8H2,1H3,(H2,24,28)(H,27,29). The van der Waals surface area contributed by atoms with Crippen molar-refractivity contribution in [3.8, 4) is 11.9 Å². The molecule has 0 aromatic carbocycles. The molecule has 0 bridgehead atoms. The smallest absolute Gasteiger partial charge is 0.274 e. The second-order valence-corrected chi connectivity index (χ2v) is 11.2. The van der Waals surface area contributed by atoms with Gasteiger partial charge < -0.3 is 15.8 Å². The van der Waals surface area contributed by atoms with Crippen LogP contribution in [0.4, 0.5) is 5.69 Å². The van der Waals surface area contributed by atoms with Gasteiger partial charge in [-0.15, -0.1) is 0 Å². The van der Waals surface area contributed by atoms with E-state index < -0.39 is 31.3 Å². The fourth-order valence-electron chi connectivity index (χ4n) is 4.90. The zero-order valence-electron chi connectivity index (χ0n) is 17.9. The lowest BCUT2D eigenvalue weighted by Crippen LogP contribution is -2.65. The molecule has 3 aliphatic rings. The predicted octanol–water partition coefficient (Wildman–Crippen LogP) is 1.68. The monoisotopic (exact) mass is 466 g/mol. The lowest BCUT2D eigenvalue weighted by Gasteiger charge is -2.50. The summed E-state index contributed by atoms with van der Waals surface area (Å²) in [6, 6.07) is 6.52. The number of nitrogens with one attached hydrogen (secondary N) is 1. The quantitative estimate of drug-likeness (QED) is 0.676. The predicted molar refractivity (Wildman–Crippen MR) is 120 cm³/mol. The number of carbonyl (C=O) groups excluding carboxylic acids is 1. The lowest BCUT2D eigenvalue weighted by atomic mass is 9.81. The SMILES string of the molecule is CC12N=C(N)C3(CCC3)S(=O)(=O)C1CCOc1ncc(NC(=O)c3ccc(C#N)cn3)cc12. The Morgan fingerprint density at radius 3 is 2.73 bits per heavy atom. The summed E-state index contributed by atoms with van der Waals surface area (Å²) in [4.78, 5) is 25.7. The van der Waals surface area contributed by atoms with E-state index in [2.05, 4.69) is 15.3 Å². The zero-order chi connectivity index (χ0) is 23.4. The Hall–Kier alpha value is -3.52. The molecule has 2 aromatic heterocycles. The molecule has 4 heterocycles. The van der Waals surface area contributed by atoms with Crippen molar-refractivity contribution in [2.24, 2.45) is 10.7 Å². The zero-order valence-corrected chi connectivity index (χ0v) is 18.7. The van der Waals surface area contributed by atoms with E-state index in [1.165, 1.54) is 24.5 Å². The van der Waals surface area contributed by atoms with Crippen LogP contribution in [0.25, 0.3) is 0 Å². The molecule has 33 heavy (non-hydrogen) atoms.